The fourth-order valence-electron chi connectivity index (χ4n) is 3.94. The van der Waals surface area contributed by atoms with E-state index >= 15 is 0 Å². The van der Waals surface area contributed by atoms with Crippen LogP contribution in [0.25, 0.3) is 0 Å². The Labute approximate surface area is 196 Å². The summed E-state index contributed by atoms with van der Waals surface area (Å²) in [5, 5.41) is 5.82. The lowest BCUT2D eigenvalue weighted by atomic mass is 9.89. The fraction of sp³-hybridized carbons (Fsp3) is 0.440. The van der Waals surface area contributed by atoms with Crippen molar-refractivity contribution < 1.29 is 18.0 Å². The Morgan fingerprint density at radius 2 is 1.61 bits per heavy atom. The second-order valence-corrected chi connectivity index (χ2v) is 10.9. The average Bonchev–Trinajstić information content (AvgIpc) is 2.81. The summed E-state index contributed by atoms with van der Waals surface area (Å²) in [6.45, 7) is 7.04. The molecular weight excluding hydrogens is 438 g/mol. The van der Waals surface area contributed by atoms with Gasteiger partial charge in [-0.25, -0.2) is 8.42 Å². The van der Waals surface area contributed by atoms with Crippen LogP contribution in [0.4, 0.5) is 0 Å². The molecule has 0 unspecified atom stereocenters. The van der Waals surface area contributed by atoms with E-state index in [1.165, 1.54) is 4.31 Å². The zero-order valence-electron chi connectivity index (χ0n) is 19.5. The van der Waals surface area contributed by atoms with Gasteiger partial charge in [0.1, 0.15) is 6.04 Å². The SMILES string of the molecule is Cc1ccc(S(=O)(=O)N2CCC([C@H](NC(=O)c3ccccc3)C(=O)NCC(C)C)CC2)cc1. The zero-order valence-corrected chi connectivity index (χ0v) is 20.3. The van der Waals surface area contributed by atoms with Crippen molar-refractivity contribution >= 4 is 21.8 Å². The van der Waals surface area contributed by atoms with Crippen LogP contribution < -0.4 is 10.6 Å². The summed E-state index contributed by atoms with van der Waals surface area (Å²) in [6, 6.07) is 14.9. The monoisotopic (exact) mass is 471 g/mol. The molecule has 1 fully saturated rings. The summed E-state index contributed by atoms with van der Waals surface area (Å²) in [5.41, 5.74) is 1.48. The van der Waals surface area contributed by atoms with E-state index in [4.69, 9.17) is 0 Å². The molecule has 2 aromatic carbocycles. The van der Waals surface area contributed by atoms with Crippen molar-refractivity contribution in [1.29, 1.82) is 0 Å². The van der Waals surface area contributed by atoms with Gasteiger partial charge in [0, 0.05) is 25.2 Å². The number of benzene rings is 2. The van der Waals surface area contributed by atoms with Gasteiger partial charge in [-0.05, 0) is 55.9 Å². The fourth-order valence-corrected chi connectivity index (χ4v) is 5.40. The van der Waals surface area contributed by atoms with E-state index in [1.807, 2.05) is 26.8 Å². The maximum absolute atomic E-state index is 13.0. The molecule has 0 aliphatic carbocycles. The Bertz CT molecular complexity index is 1040. The first kappa shape index (κ1) is 24.9. The van der Waals surface area contributed by atoms with Crippen molar-refractivity contribution in [2.75, 3.05) is 19.6 Å². The topological polar surface area (TPSA) is 95.6 Å². The number of hydrogen-bond donors (Lipinski definition) is 2. The van der Waals surface area contributed by atoms with Gasteiger partial charge in [0.2, 0.25) is 15.9 Å². The molecule has 1 aliphatic rings. The van der Waals surface area contributed by atoms with Gasteiger partial charge >= 0.3 is 0 Å². The predicted molar refractivity (Wildman–Crippen MR) is 128 cm³/mol. The molecule has 178 valence electrons. The van der Waals surface area contributed by atoms with E-state index < -0.39 is 16.1 Å². The quantitative estimate of drug-likeness (QED) is 0.619. The molecule has 0 saturated carbocycles. The van der Waals surface area contributed by atoms with E-state index in [-0.39, 0.29) is 28.5 Å². The van der Waals surface area contributed by atoms with E-state index in [0.29, 0.717) is 38.0 Å². The Morgan fingerprint density at radius 3 is 2.18 bits per heavy atom. The molecule has 2 amide bonds. The Morgan fingerprint density at radius 1 is 1.00 bits per heavy atom. The number of aryl methyl sites for hydroxylation is 1. The van der Waals surface area contributed by atoms with Crippen molar-refractivity contribution in [2.45, 2.75) is 44.6 Å². The minimum atomic E-state index is -3.59. The van der Waals surface area contributed by atoms with Crippen LogP contribution in [0, 0.1) is 18.8 Å². The molecule has 7 nitrogen and oxygen atoms in total. The van der Waals surface area contributed by atoms with Gasteiger partial charge in [-0.1, -0.05) is 49.7 Å². The molecule has 0 radical (unpaired) electrons. The second kappa shape index (κ2) is 10.9. The zero-order chi connectivity index (χ0) is 24.0. The number of sulfonamides is 1. The van der Waals surface area contributed by atoms with Gasteiger partial charge in [-0.2, -0.15) is 4.31 Å². The first-order chi connectivity index (χ1) is 15.7. The highest BCUT2D eigenvalue weighted by Gasteiger charge is 2.36. The minimum absolute atomic E-state index is 0.158. The summed E-state index contributed by atoms with van der Waals surface area (Å²) in [6.07, 6.45) is 0.972. The summed E-state index contributed by atoms with van der Waals surface area (Å²) in [4.78, 5) is 26.0. The van der Waals surface area contributed by atoms with Gasteiger partial charge in [0.15, 0.2) is 0 Å². The molecule has 2 aromatic rings. The number of carbonyl (C=O) groups is 2. The average molecular weight is 472 g/mol. The highest BCUT2D eigenvalue weighted by Crippen LogP contribution is 2.26. The van der Waals surface area contributed by atoms with Crippen LogP contribution in [-0.4, -0.2) is 50.2 Å². The lowest BCUT2D eigenvalue weighted by molar-refractivity contribution is -0.124. The van der Waals surface area contributed by atoms with Crippen molar-refractivity contribution in [3.63, 3.8) is 0 Å². The smallest absolute Gasteiger partial charge is 0.251 e. The predicted octanol–water partition coefficient (Wildman–Crippen LogP) is 2.97. The van der Waals surface area contributed by atoms with Gasteiger partial charge in [-0.15, -0.1) is 0 Å². The molecule has 2 N–H and O–H groups in total. The van der Waals surface area contributed by atoms with Crippen LogP contribution >= 0.6 is 0 Å². The molecule has 33 heavy (non-hydrogen) atoms. The lowest BCUT2D eigenvalue weighted by Gasteiger charge is -2.35. The molecule has 3 rings (SSSR count). The third kappa shape index (κ3) is 6.42. The number of nitrogens with zero attached hydrogens (tertiary/aromatic N) is 1. The van der Waals surface area contributed by atoms with Crippen molar-refractivity contribution in [3.05, 3.63) is 65.7 Å². The summed E-state index contributed by atoms with van der Waals surface area (Å²) < 4.78 is 27.5. The first-order valence-corrected chi connectivity index (χ1v) is 12.8. The molecule has 1 atom stereocenters. The van der Waals surface area contributed by atoms with Gasteiger partial charge in [-0.3, -0.25) is 9.59 Å². The van der Waals surface area contributed by atoms with Crippen molar-refractivity contribution in [2.24, 2.45) is 11.8 Å². The molecule has 1 aliphatic heterocycles. The maximum atomic E-state index is 13.0. The number of rotatable bonds is 8. The number of hydrogen-bond acceptors (Lipinski definition) is 4. The normalized spacial score (nSPS) is 16.4. The Kier molecular flexibility index (Phi) is 8.26. The van der Waals surface area contributed by atoms with Crippen LogP contribution in [0.15, 0.2) is 59.5 Å². The van der Waals surface area contributed by atoms with E-state index in [9.17, 15) is 18.0 Å². The molecule has 0 aromatic heterocycles. The second-order valence-electron chi connectivity index (χ2n) is 9.01. The number of amides is 2. The van der Waals surface area contributed by atoms with Crippen LogP contribution in [0.1, 0.15) is 42.6 Å². The molecule has 8 heteroatoms. The summed E-state index contributed by atoms with van der Waals surface area (Å²) in [7, 11) is -3.59. The van der Waals surface area contributed by atoms with Gasteiger partial charge in [0.05, 0.1) is 4.90 Å². The Hall–Kier alpha value is -2.71. The first-order valence-electron chi connectivity index (χ1n) is 11.4. The standard InChI is InChI=1S/C25H33N3O4S/c1-18(2)17-26-25(30)23(27-24(29)21-7-5-4-6-8-21)20-13-15-28(16-14-20)33(31,32)22-11-9-19(3)10-12-22/h4-12,18,20,23H,13-17H2,1-3H3,(H,26,30)(H,27,29)/t23-/m0/s1. The largest absolute Gasteiger partial charge is 0.354 e. The Balaban J connectivity index is 1.71. The summed E-state index contributed by atoms with van der Waals surface area (Å²) in [5.74, 6) is -0.418. The van der Waals surface area contributed by atoms with Crippen molar-refractivity contribution in [1.82, 2.24) is 14.9 Å². The molecule has 0 spiro atoms. The number of nitrogens with one attached hydrogen (secondary N) is 2. The summed E-state index contributed by atoms with van der Waals surface area (Å²) >= 11 is 0. The number of carbonyl (C=O) groups excluding carboxylic acids is 2. The highest BCUT2D eigenvalue weighted by molar-refractivity contribution is 7.89. The molecule has 1 saturated heterocycles. The minimum Gasteiger partial charge on any atom is -0.354 e. The molecule has 0 bridgehead atoms. The third-order valence-electron chi connectivity index (χ3n) is 5.92. The molecule has 1 heterocycles. The van der Waals surface area contributed by atoms with Gasteiger partial charge in [0.25, 0.3) is 5.91 Å². The van der Waals surface area contributed by atoms with E-state index in [2.05, 4.69) is 10.6 Å². The van der Waals surface area contributed by atoms with E-state index in [0.717, 1.165) is 5.56 Å². The highest BCUT2D eigenvalue weighted by atomic mass is 32.2. The lowest BCUT2D eigenvalue weighted by Crippen LogP contribution is -2.54. The van der Waals surface area contributed by atoms with Crippen LogP contribution in [-0.2, 0) is 14.8 Å². The third-order valence-corrected chi connectivity index (χ3v) is 7.83. The van der Waals surface area contributed by atoms with Crippen LogP contribution in [0.5, 0.6) is 0 Å². The van der Waals surface area contributed by atoms with Crippen molar-refractivity contribution in [3.8, 4) is 0 Å². The van der Waals surface area contributed by atoms with Crippen LogP contribution in [0.2, 0.25) is 0 Å². The number of piperidine rings is 1. The van der Waals surface area contributed by atoms with Gasteiger partial charge < -0.3 is 10.6 Å². The van der Waals surface area contributed by atoms with E-state index in [1.54, 1.807) is 48.5 Å². The van der Waals surface area contributed by atoms with Crippen LogP contribution in [0.3, 0.4) is 0 Å². The maximum Gasteiger partial charge on any atom is 0.251 e. The molecular formula is C25H33N3O4S.